The zero-order valence-corrected chi connectivity index (χ0v) is 29.0. The third-order valence-corrected chi connectivity index (χ3v) is 9.78. The van der Waals surface area contributed by atoms with Crippen LogP contribution in [0.15, 0.2) is 42.0 Å². The van der Waals surface area contributed by atoms with Crippen molar-refractivity contribution in [2.24, 2.45) is 5.92 Å². The molecule has 3 aliphatic rings. The Labute approximate surface area is 281 Å². The van der Waals surface area contributed by atoms with E-state index in [0.29, 0.717) is 17.7 Å². The number of methoxy groups -OCH3 is 1. The van der Waals surface area contributed by atoms with Gasteiger partial charge in [-0.05, 0) is 49.9 Å². The van der Waals surface area contributed by atoms with E-state index in [1.54, 1.807) is 46.0 Å². The fraction of sp³-hybridized carbons (Fsp3) is 0.600. The number of amides is 3. The standard InChI is InChI=1S/C35H49N3O10/c1-9-26(37(6)22(4)40)32(42)47-29-17-30(41)38(7)25-15-23(14-24(16-25)19-39)13-20(2)11-10-12-28(45-8)35(44)18-27(46-33(43)36-35)21(3)31-34(29,5)48-31/h10-12,14-16,21,26-29,31,39,44H,9,13,17-19H2,1-8H3,(H,36,43)/b12-10+,20-11+/t21-,26?,27?,28-,29+,31?,34?,35+/m1/s1. The highest BCUT2D eigenvalue weighted by molar-refractivity contribution is 5.93. The smallest absolute Gasteiger partial charge is 0.409 e. The molecule has 3 amide bonds. The lowest BCUT2D eigenvalue weighted by Crippen LogP contribution is -2.63. The summed E-state index contributed by atoms with van der Waals surface area (Å²) >= 11 is 0. The Morgan fingerprint density at radius 3 is 2.58 bits per heavy atom. The second-order valence-corrected chi connectivity index (χ2v) is 13.3. The number of carbonyl (C=O) groups excluding carboxylic acids is 4. The first-order valence-electron chi connectivity index (χ1n) is 16.3. The molecule has 2 saturated heterocycles. The number of fused-ring (bicyclic) bond motifs is 5. The van der Waals surface area contributed by atoms with Gasteiger partial charge in [-0.3, -0.25) is 14.9 Å². The molecular weight excluding hydrogens is 622 g/mol. The summed E-state index contributed by atoms with van der Waals surface area (Å²) in [5.41, 5.74) is -0.0108. The van der Waals surface area contributed by atoms with Crippen LogP contribution in [0.2, 0.25) is 0 Å². The number of hydrogen-bond donors (Lipinski definition) is 3. The lowest BCUT2D eigenvalue weighted by molar-refractivity contribution is -0.162. The molecule has 13 nitrogen and oxygen atoms in total. The van der Waals surface area contributed by atoms with Gasteiger partial charge in [-0.15, -0.1) is 0 Å². The number of allylic oxidation sites excluding steroid dienone is 3. The maximum absolute atomic E-state index is 13.9. The van der Waals surface area contributed by atoms with Crippen LogP contribution in [0.4, 0.5) is 10.5 Å². The van der Waals surface area contributed by atoms with Crippen LogP contribution in [-0.4, -0.2) is 102 Å². The normalized spacial score (nSPS) is 33.2. The Morgan fingerprint density at radius 1 is 1.25 bits per heavy atom. The molecule has 3 heterocycles. The Bertz CT molecular complexity index is 1460. The summed E-state index contributed by atoms with van der Waals surface area (Å²) in [4.78, 5) is 55.1. The van der Waals surface area contributed by atoms with Crippen molar-refractivity contribution < 1.29 is 48.3 Å². The average molecular weight is 672 g/mol. The fourth-order valence-electron chi connectivity index (χ4n) is 6.65. The number of nitrogens with zero attached hydrogens (tertiary/aromatic N) is 2. The Balaban J connectivity index is 1.78. The fourth-order valence-corrected chi connectivity index (χ4v) is 6.65. The summed E-state index contributed by atoms with van der Waals surface area (Å²) in [6.07, 6.45) is 1.47. The van der Waals surface area contributed by atoms with Crippen molar-refractivity contribution in [2.75, 3.05) is 26.1 Å². The number of epoxide rings is 1. The number of benzene rings is 1. The van der Waals surface area contributed by atoms with E-state index in [1.807, 2.05) is 25.1 Å². The van der Waals surface area contributed by atoms with Crippen LogP contribution in [0.5, 0.6) is 0 Å². The first kappa shape index (κ1) is 37.0. The van der Waals surface area contributed by atoms with Crippen molar-refractivity contribution in [1.29, 1.82) is 0 Å². The molecule has 48 heavy (non-hydrogen) atoms. The largest absolute Gasteiger partial charge is 0.457 e. The second-order valence-electron chi connectivity index (χ2n) is 13.3. The molecule has 2 fully saturated rings. The number of hydrogen-bond acceptors (Lipinski definition) is 10. The molecule has 0 saturated carbocycles. The van der Waals surface area contributed by atoms with Gasteiger partial charge in [0.05, 0.1) is 19.1 Å². The molecule has 264 valence electrons. The average Bonchev–Trinajstić information content (AvgIpc) is 3.73. The highest BCUT2D eigenvalue weighted by atomic mass is 16.7. The monoisotopic (exact) mass is 671 g/mol. The highest BCUT2D eigenvalue weighted by Gasteiger charge is 2.64. The Kier molecular flexibility index (Phi) is 11.4. The van der Waals surface area contributed by atoms with Crippen molar-refractivity contribution in [3.8, 4) is 0 Å². The number of ether oxygens (including phenoxy) is 4. The summed E-state index contributed by atoms with van der Waals surface area (Å²) in [5.74, 6) is -1.87. The summed E-state index contributed by atoms with van der Waals surface area (Å²) < 4.78 is 23.5. The molecule has 0 spiro atoms. The number of esters is 1. The van der Waals surface area contributed by atoms with Crippen LogP contribution in [-0.2, 0) is 46.4 Å². The summed E-state index contributed by atoms with van der Waals surface area (Å²) in [6, 6.07) is 4.56. The number of aliphatic hydroxyl groups excluding tert-OH is 1. The number of likely N-dealkylation sites (N-methyl/N-ethyl adjacent to an activating group) is 1. The number of aliphatic hydroxyl groups is 2. The predicted molar refractivity (Wildman–Crippen MR) is 176 cm³/mol. The maximum atomic E-state index is 13.9. The van der Waals surface area contributed by atoms with Gasteiger partial charge < -0.3 is 39.0 Å². The van der Waals surface area contributed by atoms with Crippen LogP contribution in [0.3, 0.4) is 0 Å². The third kappa shape index (κ3) is 7.91. The number of nitrogens with one attached hydrogen (secondary N) is 1. The van der Waals surface area contributed by atoms with Crippen LogP contribution < -0.4 is 10.2 Å². The number of anilines is 1. The molecule has 0 aliphatic carbocycles. The van der Waals surface area contributed by atoms with Crippen LogP contribution >= 0.6 is 0 Å². The van der Waals surface area contributed by atoms with Crippen molar-refractivity contribution >= 4 is 29.6 Å². The van der Waals surface area contributed by atoms with Gasteiger partial charge in [-0.25, -0.2) is 9.59 Å². The van der Waals surface area contributed by atoms with Crippen LogP contribution in [0.1, 0.15) is 65.0 Å². The quantitative estimate of drug-likeness (QED) is 0.302. The van der Waals surface area contributed by atoms with E-state index in [0.717, 1.165) is 11.1 Å². The van der Waals surface area contributed by atoms with Crippen molar-refractivity contribution in [3.63, 3.8) is 0 Å². The topological polar surface area (TPSA) is 167 Å². The minimum absolute atomic E-state index is 0.0371. The molecule has 4 unspecified atom stereocenters. The van der Waals surface area contributed by atoms with Crippen molar-refractivity contribution in [2.45, 2.75) is 109 Å². The van der Waals surface area contributed by atoms with E-state index in [-0.39, 0.29) is 37.7 Å². The number of carbonyl (C=O) groups is 4. The lowest BCUT2D eigenvalue weighted by atomic mass is 9.83. The lowest BCUT2D eigenvalue weighted by Gasteiger charge is -2.42. The summed E-state index contributed by atoms with van der Waals surface area (Å²) in [6.45, 7) is 8.34. The minimum Gasteiger partial charge on any atom is -0.457 e. The minimum atomic E-state index is -1.81. The highest BCUT2D eigenvalue weighted by Crippen LogP contribution is 2.49. The second kappa shape index (κ2) is 14.8. The number of rotatable bonds is 6. The van der Waals surface area contributed by atoms with E-state index in [4.69, 9.17) is 18.9 Å². The molecule has 0 radical (unpaired) electrons. The first-order chi connectivity index (χ1) is 22.6. The van der Waals surface area contributed by atoms with Crippen molar-refractivity contribution in [1.82, 2.24) is 10.2 Å². The molecule has 3 N–H and O–H groups in total. The van der Waals surface area contributed by atoms with E-state index in [9.17, 15) is 29.4 Å². The van der Waals surface area contributed by atoms with Gasteiger partial charge in [0, 0.05) is 46.2 Å². The molecule has 3 aliphatic heterocycles. The Hall–Kier alpha value is -3.78. The number of alkyl carbamates (subject to hydrolysis) is 1. The van der Waals surface area contributed by atoms with Crippen LogP contribution in [0.25, 0.3) is 0 Å². The van der Waals surface area contributed by atoms with Gasteiger partial charge in [-0.2, -0.15) is 0 Å². The van der Waals surface area contributed by atoms with Crippen molar-refractivity contribution in [3.05, 3.63) is 53.1 Å². The molecule has 4 bridgehead atoms. The van der Waals surface area contributed by atoms with Gasteiger partial charge in [0.2, 0.25) is 11.8 Å². The van der Waals surface area contributed by atoms with E-state index in [1.165, 1.54) is 30.9 Å². The molecule has 4 rings (SSSR count). The molecule has 1 aromatic carbocycles. The van der Waals surface area contributed by atoms with Gasteiger partial charge in [-0.1, -0.05) is 43.7 Å². The van der Waals surface area contributed by atoms with Gasteiger partial charge in [0.25, 0.3) is 0 Å². The molecule has 13 heteroatoms. The molecule has 8 atom stereocenters. The Morgan fingerprint density at radius 2 is 1.96 bits per heavy atom. The third-order valence-electron chi connectivity index (χ3n) is 9.78. The molecule has 1 aromatic rings. The first-order valence-corrected chi connectivity index (χ1v) is 16.3. The molecule has 0 aromatic heterocycles. The summed E-state index contributed by atoms with van der Waals surface area (Å²) in [7, 11) is 4.56. The van der Waals surface area contributed by atoms with E-state index in [2.05, 4.69) is 5.32 Å². The summed E-state index contributed by atoms with van der Waals surface area (Å²) in [5, 5.41) is 24.2. The zero-order chi connectivity index (χ0) is 35.6. The van der Waals surface area contributed by atoms with E-state index >= 15 is 0 Å². The van der Waals surface area contributed by atoms with Crippen LogP contribution in [0, 0.1) is 5.92 Å². The zero-order valence-electron chi connectivity index (χ0n) is 29.0. The molecular formula is C35H49N3O10. The van der Waals surface area contributed by atoms with Gasteiger partial charge >= 0.3 is 12.1 Å². The van der Waals surface area contributed by atoms with Gasteiger partial charge in [0.1, 0.15) is 30.0 Å². The predicted octanol–water partition coefficient (Wildman–Crippen LogP) is 2.75. The van der Waals surface area contributed by atoms with Gasteiger partial charge in [0.15, 0.2) is 5.72 Å². The SMILES string of the molecule is CCC(C(=O)O[C@H]1CC(=O)N(C)c2cc(CO)cc(c2)C/C(C)=C/C=C/[C@@H](OC)[C@@]2(O)CC(OC(=O)N2)[C@@H](C)C2OC21C)N(C)C(C)=O. The maximum Gasteiger partial charge on any atom is 0.409 e. The van der Waals surface area contributed by atoms with E-state index < -0.39 is 59.8 Å².